The number of hydrogen-bond donors (Lipinski definition) is 1. The number of aliphatic hydroxyl groups is 1. The minimum absolute atomic E-state index is 0.533. The fourth-order valence-electron chi connectivity index (χ4n) is 1.51. The lowest BCUT2D eigenvalue weighted by molar-refractivity contribution is 0.220. The Hall–Kier alpha value is 0.0900. The number of halogens is 2. The molecule has 0 radical (unpaired) electrons. The molecule has 0 aliphatic carbocycles. The van der Waals surface area contributed by atoms with Crippen LogP contribution in [0.15, 0.2) is 34.1 Å². The normalized spacial score (nSPS) is 12.8. The van der Waals surface area contributed by atoms with Crippen LogP contribution in [0.5, 0.6) is 0 Å². The first-order chi connectivity index (χ1) is 7.58. The van der Waals surface area contributed by atoms with Crippen molar-refractivity contribution >= 4 is 49.9 Å². The van der Waals surface area contributed by atoms with Crippen molar-refractivity contribution in [2.45, 2.75) is 13.0 Å². The zero-order valence-electron chi connectivity index (χ0n) is 8.58. The second kappa shape index (κ2) is 5.16. The first kappa shape index (κ1) is 12.5. The van der Waals surface area contributed by atoms with E-state index in [1.54, 1.807) is 11.3 Å². The van der Waals surface area contributed by atoms with Crippen LogP contribution in [0.2, 0.25) is 0 Å². The molecule has 0 bridgehead atoms. The first-order valence-electron chi connectivity index (χ1n) is 4.76. The molecule has 0 aliphatic rings. The summed E-state index contributed by atoms with van der Waals surface area (Å²) in [5, 5.41) is 12.3. The Balaban J connectivity index is 2.40. The third kappa shape index (κ3) is 2.67. The molecule has 1 unspecified atom stereocenters. The molecule has 2 aromatic rings. The third-order valence-corrected chi connectivity index (χ3v) is 4.67. The Morgan fingerprint density at radius 2 is 2.12 bits per heavy atom. The van der Waals surface area contributed by atoms with Gasteiger partial charge >= 0.3 is 0 Å². The van der Waals surface area contributed by atoms with Crippen molar-refractivity contribution in [1.29, 1.82) is 0 Å². The highest BCUT2D eigenvalue weighted by Gasteiger charge is 2.15. The SMILES string of the molecule is Cc1cc(C(O)c2cc(Br)ccc2I)cs1. The van der Waals surface area contributed by atoms with E-state index in [9.17, 15) is 5.11 Å². The van der Waals surface area contributed by atoms with E-state index in [-0.39, 0.29) is 0 Å². The summed E-state index contributed by atoms with van der Waals surface area (Å²) in [7, 11) is 0. The molecule has 1 atom stereocenters. The second-order valence-electron chi connectivity index (χ2n) is 3.56. The Morgan fingerprint density at radius 1 is 1.38 bits per heavy atom. The van der Waals surface area contributed by atoms with Gasteiger partial charge in [0, 0.05) is 12.9 Å². The van der Waals surface area contributed by atoms with Gasteiger partial charge in [-0.05, 0) is 70.3 Å². The number of aryl methyl sites for hydroxylation is 1. The van der Waals surface area contributed by atoms with Gasteiger partial charge in [0.05, 0.1) is 0 Å². The molecule has 0 amide bonds. The molecule has 1 aromatic heterocycles. The Morgan fingerprint density at radius 3 is 2.75 bits per heavy atom. The van der Waals surface area contributed by atoms with Gasteiger partial charge in [-0.3, -0.25) is 0 Å². The lowest BCUT2D eigenvalue weighted by Gasteiger charge is -2.12. The number of benzene rings is 1. The fourth-order valence-corrected chi connectivity index (χ4v) is 3.24. The van der Waals surface area contributed by atoms with Crippen molar-refractivity contribution < 1.29 is 5.11 Å². The van der Waals surface area contributed by atoms with E-state index >= 15 is 0 Å². The van der Waals surface area contributed by atoms with E-state index in [2.05, 4.69) is 38.5 Å². The summed E-state index contributed by atoms with van der Waals surface area (Å²) in [5.74, 6) is 0. The summed E-state index contributed by atoms with van der Waals surface area (Å²) < 4.78 is 2.08. The molecule has 0 aliphatic heterocycles. The van der Waals surface area contributed by atoms with Crippen LogP contribution in [-0.2, 0) is 0 Å². The van der Waals surface area contributed by atoms with Crippen molar-refractivity contribution in [3.63, 3.8) is 0 Å². The van der Waals surface area contributed by atoms with Gasteiger partial charge in [0.25, 0.3) is 0 Å². The van der Waals surface area contributed by atoms with Gasteiger partial charge in [-0.25, -0.2) is 0 Å². The maximum absolute atomic E-state index is 10.3. The molecule has 0 spiro atoms. The molecule has 0 fully saturated rings. The largest absolute Gasteiger partial charge is 0.384 e. The number of aliphatic hydroxyl groups excluding tert-OH is 1. The Kier molecular flexibility index (Phi) is 4.05. The van der Waals surface area contributed by atoms with Crippen LogP contribution >= 0.6 is 49.9 Å². The number of hydrogen-bond acceptors (Lipinski definition) is 2. The van der Waals surface area contributed by atoms with E-state index < -0.39 is 6.10 Å². The molecule has 2 rings (SSSR count). The van der Waals surface area contributed by atoms with E-state index in [1.165, 1.54) is 4.88 Å². The summed E-state index contributed by atoms with van der Waals surface area (Å²) in [4.78, 5) is 1.22. The van der Waals surface area contributed by atoms with E-state index in [0.717, 1.165) is 19.2 Å². The minimum atomic E-state index is -0.533. The van der Waals surface area contributed by atoms with Crippen LogP contribution in [0, 0.1) is 10.5 Å². The highest BCUT2D eigenvalue weighted by molar-refractivity contribution is 14.1. The second-order valence-corrected chi connectivity index (χ2v) is 6.75. The highest BCUT2D eigenvalue weighted by Crippen LogP contribution is 2.30. The molecule has 16 heavy (non-hydrogen) atoms. The van der Waals surface area contributed by atoms with E-state index in [0.29, 0.717) is 0 Å². The Bertz CT molecular complexity index is 509. The molecule has 4 heteroatoms. The van der Waals surface area contributed by atoms with Crippen LogP contribution in [0.1, 0.15) is 22.1 Å². The van der Waals surface area contributed by atoms with Crippen LogP contribution in [0.3, 0.4) is 0 Å². The monoisotopic (exact) mass is 408 g/mol. The van der Waals surface area contributed by atoms with Crippen LogP contribution in [-0.4, -0.2) is 5.11 Å². The first-order valence-corrected chi connectivity index (χ1v) is 7.51. The summed E-state index contributed by atoms with van der Waals surface area (Å²) >= 11 is 7.34. The predicted octanol–water partition coefficient (Wildman–Crippen LogP) is 4.51. The maximum Gasteiger partial charge on any atom is 0.106 e. The van der Waals surface area contributed by atoms with Crippen molar-refractivity contribution in [2.75, 3.05) is 0 Å². The lowest BCUT2D eigenvalue weighted by atomic mass is 10.0. The summed E-state index contributed by atoms with van der Waals surface area (Å²) in [6.07, 6.45) is -0.533. The van der Waals surface area contributed by atoms with Gasteiger partial charge in [0.15, 0.2) is 0 Å². The van der Waals surface area contributed by atoms with Gasteiger partial charge in [0.1, 0.15) is 6.10 Å². The topological polar surface area (TPSA) is 20.2 Å². The van der Waals surface area contributed by atoms with Crippen LogP contribution < -0.4 is 0 Å². The summed E-state index contributed by atoms with van der Waals surface area (Å²) in [5.41, 5.74) is 1.92. The van der Waals surface area contributed by atoms with E-state index in [4.69, 9.17) is 0 Å². The molecular formula is C12H10BrIOS. The van der Waals surface area contributed by atoms with Crippen molar-refractivity contribution in [3.8, 4) is 0 Å². The fraction of sp³-hybridized carbons (Fsp3) is 0.167. The molecule has 0 saturated heterocycles. The van der Waals surface area contributed by atoms with Crippen molar-refractivity contribution in [1.82, 2.24) is 0 Å². The average Bonchev–Trinajstić information content (AvgIpc) is 2.67. The zero-order valence-corrected chi connectivity index (χ0v) is 13.1. The van der Waals surface area contributed by atoms with Gasteiger partial charge < -0.3 is 5.11 Å². The van der Waals surface area contributed by atoms with Crippen LogP contribution in [0.25, 0.3) is 0 Å². The van der Waals surface area contributed by atoms with Crippen molar-refractivity contribution in [2.24, 2.45) is 0 Å². The number of rotatable bonds is 2. The highest BCUT2D eigenvalue weighted by atomic mass is 127. The standard InChI is InChI=1S/C12H10BrIOS/c1-7-4-8(6-16-7)12(15)10-5-9(13)2-3-11(10)14/h2-6,12,15H,1H3. The quantitative estimate of drug-likeness (QED) is 0.725. The third-order valence-electron chi connectivity index (χ3n) is 2.32. The van der Waals surface area contributed by atoms with Crippen LogP contribution in [0.4, 0.5) is 0 Å². The number of thiophene rings is 1. The van der Waals surface area contributed by atoms with Gasteiger partial charge in [-0.1, -0.05) is 15.9 Å². The van der Waals surface area contributed by atoms with Gasteiger partial charge in [-0.2, -0.15) is 0 Å². The zero-order chi connectivity index (χ0) is 11.7. The average molecular weight is 409 g/mol. The van der Waals surface area contributed by atoms with Gasteiger partial charge in [-0.15, -0.1) is 11.3 Å². The summed E-state index contributed by atoms with van der Waals surface area (Å²) in [6, 6.07) is 7.99. The van der Waals surface area contributed by atoms with E-state index in [1.807, 2.05) is 36.6 Å². The molecule has 0 saturated carbocycles. The molecule has 1 nitrogen and oxygen atoms in total. The van der Waals surface area contributed by atoms with Gasteiger partial charge in [0.2, 0.25) is 0 Å². The molecular weight excluding hydrogens is 399 g/mol. The maximum atomic E-state index is 10.3. The summed E-state index contributed by atoms with van der Waals surface area (Å²) in [6.45, 7) is 2.05. The molecule has 1 heterocycles. The van der Waals surface area contributed by atoms with Crippen molar-refractivity contribution in [3.05, 3.63) is 53.7 Å². The molecule has 1 N–H and O–H groups in total. The Labute approximate surface area is 121 Å². The lowest BCUT2D eigenvalue weighted by Crippen LogP contribution is -2.00. The predicted molar refractivity (Wildman–Crippen MR) is 80.0 cm³/mol. The minimum Gasteiger partial charge on any atom is -0.384 e. The molecule has 84 valence electrons. The smallest absolute Gasteiger partial charge is 0.106 e. The molecule has 1 aromatic carbocycles.